The lowest BCUT2D eigenvalue weighted by Crippen LogP contribution is -2.64. The second-order valence-corrected chi connectivity index (χ2v) is 18.7. The van der Waals surface area contributed by atoms with Crippen molar-refractivity contribution in [2.75, 3.05) is 13.2 Å². The topological polar surface area (TPSA) is 210 Å². The maximum absolute atomic E-state index is 12.8. The van der Waals surface area contributed by atoms with Crippen molar-refractivity contribution in [3.05, 3.63) is 12.2 Å². The number of carbonyl (C=O) groups is 2. The van der Waals surface area contributed by atoms with Gasteiger partial charge in [0.2, 0.25) is 0 Å². The molecule has 0 aromatic heterocycles. The fourth-order valence-corrected chi connectivity index (χ4v) is 8.63. The van der Waals surface area contributed by atoms with Gasteiger partial charge in [-0.25, -0.2) is 4.57 Å². The van der Waals surface area contributed by atoms with E-state index < -0.39 is 75.7 Å². The molecule has 1 aliphatic rings. The van der Waals surface area contributed by atoms with E-state index in [0.717, 1.165) is 32.1 Å². The molecule has 6 unspecified atom stereocenters. The highest BCUT2D eigenvalue weighted by Gasteiger charge is 2.51. The monoisotopic (exact) mass is 893 g/mol. The van der Waals surface area contributed by atoms with Gasteiger partial charge in [0.15, 0.2) is 6.10 Å². The number of aliphatic hydroxyl groups excluding tert-OH is 5. The average molecular weight is 893 g/mol. The van der Waals surface area contributed by atoms with Crippen molar-refractivity contribution in [1.82, 2.24) is 0 Å². The van der Waals surface area contributed by atoms with E-state index in [1.165, 1.54) is 148 Å². The Balaban J connectivity index is 2.43. The summed E-state index contributed by atoms with van der Waals surface area (Å²) in [4.78, 5) is 35.7. The Morgan fingerprint density at radius 1 is 0.492 bits per heavy atom. The second-order valence-electron chi connectivity index (χ2n) is 17.3. The predicted octanol–water partition coefficient (Wildman–Crippen LogP) is 9.84. The molecule has 1 aliphatic carbocycles. The summed E-state index contributed by atoms with van der Waals surface area (Å²) < 4.78 is 33.5. The van der Waals surface area contributed by atoms with Gasteiger partial charge < -0.3 is 39.9 Å². The highest BCUT2D eigenvalue weighted by molar-refractivity contribution is 7.47. The molecule has 61 heavy (non-hydrogen) atoms. The van der Waals surface area contributed by atoms with Crippen LogP contribution < -0.4 is 0 Å². The molecule has 6 N–H and O–H groups in total. The van der Waals surface area contributed by atoms with Crippen LogP contribution in [-0.4, -0.2) is 98.3 Å². The fourth-order valence-electron chi connectivity index (χ4n) is 7.66. The molecular weight excluding hydrogens is 803 g/mol. The first-order chi connectivity index (χ1) is 29.4. The number of aliphatic hydroxyl groups is 5. The molecule has 0 amide bonds. The molecule has 1 fully saturated rings. The zero-order valence-electron chi connectivity index (χ0n) is 38.2. The van der Waals surface area contributed by atoms with Gasteiger partial charge in [-0.1, -0.05) is 193 Å². The molecule has 360 valence electrons. The van der Waals surface area contributed by atoms with Gasteiger partial charge in [0.1, 0.15) is 43.2 Å². The molecule has 1 rings (SSSR count). The van der Waals surface area contributed by atoms with E-state index in [2.05, 4.69) is 13.8 Å². The fraction of sp³-hybridized carbons (Fsp3) is 0.915. The summed E-state index contributed by atoms with van der Waals surface area (Å²) in [5.41, 5.74) is 0. The molecule has 0 aromatic rings. The molecular formula is C47H89O13P. The van der Waals surface area contributed by atoms with E-state index >= 15 is 0 Å². The van der Waals surface area contributed by atoms with Crippen molar-refractivity contribution in [1.29, 1.82) is 0 Å². The van der Waals surface area contributed by atoms with Crippen LogP contribution in [0.25, 0.3) is 0 Å². The van der Waals surface area contributed by atoms with Crippen molar-refractivity contribution in [2.45, 2.75) is 262 Å². The largest absolute Gasteiger partial charge is 0.472 e. The Bertz CT molecular complexity index is 1120. The van der Waals surface area contributed by atoms with Gasteiger partial charge in [-0.15, -0.1) is 0 Å². The van der Waals surface area contributed by atoms with Crippen molar-refractivity contribution in [3.8, 4) is 0 Å². The van der Waals surface area contributed by atoms with E-state index in [-0.39, 0.29) is 12.8 Å². The third-order valence-electron chi connectivity index (χ3n) is 11.6. The van der Waals surface area contributed by atoms with Gasteiger partial charge in [0.25, 0.3) is 0 Å². The summed E-state index contributed by atoms with van der Waals surface area (Å²) in [6.45, 7) is 3.30. The molecule has 0 saturated heterocycles. The summed E-state index contributed by atoms with van der Waals surface area (Å²) in [6, 6.07) is 0. The molecule has 0 radical (unpaired) electrons. The second kappa shape index (κ2) is 37.9. The molecule has 0 spiro atoms. The summed E-state index contributed by atoms with van der Waals surface area (Å²) in [6.07, 6.45) is 27.1. The van der Waals surface area contributed by atoms with E-state index in [1.807, 2.05) is 12.2 Å². The Labute approximate surface area is 369 Å². The van der Waals surface area contributed by atoms with Gasteiger partial charge in [0.05, 0.1) is 6.61 Å². The van der Waals surface area contributed by atoms with Crippen LogP contribution in [-0.2, 0) is 32.7 Å². The minimum Gasteiger partial charge on any atom is -0.462 e. The number of carbonyl (C=O) groups excluding carboxylic acids is 2. The highest BCUT2D eigenvalue weighted by atomic mass is 31.2. The first-order valence-electron chi connectivity index (χ1n) is 24.5. The smallest absolute Gasteiger partial charge is 0.462 e. The maximum Gasteiger partial charge on any atom is 0.472 e. The molecule has 13 nitrogen and oxygen atoms in total. The van der Waals surface area contributed by atoms with E-state index in [0.29, 0.717) is 12.8 Å². The molecule has 0 aromatic carbocycles. The lowest BCUT2D eigenvalue weighted by atomic mass is 9.85. The van der Waals surface area contributed by atoms with Crippen molar-refractivity contribution in [3.63, 3.8) is 0 Å². The lowest BCUT2D eigenvalue weighted by Gasteiger charge is -2.41. The summed E-state index contributed by atoms with van der Waals surface area (Å²) >= 11 is 0. The van der Waals surface area contributed by atoms with Crippen molar-refractivity contribution < 1.29 is 63.1 Å². The van der Waals surface area contributed by atoms with Gasteiger partial charge in [-0.2, -0.15) is 0 Å². The number of phosphoric acid groups is 1. The normalized spacial score (nSPS) is 22.0. The molecule has 0 bridgehead atoms. The number of phosphoric ester groups is 1. The van der Waals surface area contributed by atoms with E-state index in [4.69, 9.17) is 18.5 Å². The van der Waals surface area contributed by atoms with Crippen LogP contribution in [0.3, 0.4) is 0 Å². The van der Waals surface area contributed by atoms with Crippen LogP contribution in [0.5, 0.6) is 0 Å². The van der Waals surface area contributed by atoms with Gasteiger partial charge in [0, 0.05) is 12.8 Å². The van der Waals surface area contributed by atoms with E-state index in [1.54, 1.807) is 0 Å². The number of esters is 2. The van der Waals surface area contributed by atoms with Crippen molar-refractivity contribution in [2.24, 2.45) is 0 Å². The van der Waals surface area contributed by atoms with E-state index in [9.17, 15) is 44.6 Å². The zero-order chi connectivity index (χ0) is 45.0. The Kier molecular flexibility index (Phi) is 35.8. The Morgan fingerprint density at radius 3 is 1.31 bits per heavy atom. The first-order valence-corrected chi connectivity index (χ1v) is 26.0. The number of hydrogen-bond donors (Lipinski definition) is 6. The number of rotatable bonds is 41. The predicted molar refractivity (Wildman–Crippen MR) is 240 cm³/mol. The van der Waals surface area contributed by atoms with Crippen LogP contribution in [0.1, 0.15) is 219 Å². The quantitative estimate of drug-likeness (QED) is 0.0146. The SMILES string of the molecule is CCCCCCCCCCCCC/C=C/CCC(=O)O[C@@H](COC(=O)CCCCCCCCCCCCCCCCCCC)COP(=O)(O)OC1C(O)C(O)C(O)[C@H](O)C1O. The van der Waals surface area contributed by atoms with Crippen LogP contribution in [0.4, 0.5) is 0 Å². The molecule has 14 heteroatoms. The summed E-state index contributed by atoms with van der Waals surface area (Å²) in [5, 5.41) is 50.2. The third kappa shape index (κ3) is 30.4. The minimum atomic E-state index is -5.12. The summed E-state index contributed by atoms with van der Waals surface area (Å²) in [5.74, 6) is -1.14. The number of unbranched alkanes of at least 4 members (excludes halogenated alkanes) is 27. The molecule has 8 atom stereocenters. The Hall–Kier alpha value is -1.41. The molecule has 0 heterocycles. The van der Waals surface area contributed by atoms with Gasteiger partial charge in [-0.3, -0.25) is 18.6 Å². The molecule has 1 saturated carbocycles. The summed E-state index contributed by atoms with van der Waals surface area (Å²) in [7, 11) is -5.12. The molecule has 0 aliphatic heterocycles. The number of hydrogen-bond acceptors (Lipinski definition) is 12. The van der Waals surface area contributed by atoms with Crippen LogP contribution >= 0.6 is 7.82 Å². The number of allylic oxidation sites excluding steroid dienone is 2. The maximum atomic E-state index is 12.8. The highest BCUT2D eigenvalue weighted by Crippen LogP contribution is 2.47. The number of ether oxygens (including phenoxy) is 2. The van der Waals surface area contributed by atoms with Crippen LogP contribution in [0.15, 0.2) is 12.2 Å². The standard InChI is InChI=1S/C47H89O13P/c1-3-5-7-9-11-13-15-17-19-20-22-23-25-27-29-31-33-35-40(48)57-37-39(38-58-61(55,56)60-47-45(53)43(51)42(50)44(52)46(47)54)59-41(49)36-34-32-30-28-26-24-21-18-16-14-12-10-8-6-4-2/h30,32,39,42-47,50-54H,3-29,31,33-38H2,1-2H3,(H,55,56)/b32-30+/t39-,42?,43-,44?,45?,46?,47?/m0/s1. The average Bonchev–Trinajstić information content (AvgIpc) is 3.24. The zero-order valence-corrected chi connectivity index (χ0v) is 39.1. The van der Waals surface area contributed by atoms with Crippen LogP contribution in [0, 0.1) is 0 Å². The van der Waals surface area contributed by atoms with Gasteiger partial charge >= 0.3 is 19.8 Å². The third-order valence-corrected chi connectivity index (χ3v) is 12.6. The lowest BCUT2D eigenvalue weighted by molar-refractivity contribution is -0.220. The van der Waals surface area contributed by atoms with Gasteiger partial charge in [-0.05, 0) is 25.7 Å². The minimum absolute atomic E-state index is 0.0182. The van der Waals surface area contributed by atoms with Crippen LogP contribution in [0.2, 0.25) is 0 Å². The Morgan fingerprint density at radius 2 is 0.869 bits per heavy atom. The van der Waals surface area contributed by atoms with Crippen molar-refractivity contribution >= 4 is 19.8 Å². The first kappa shape index (κ1) is 57.6.